The Morgan fingerprint density at radius 2 is 2.06 bits per heavy atom. The summed E-state index contributed by atoms with van der Waals surface area (Å²) < 4.78 is 0. The SMILES string of the molecule is CCN(CCC(=O)O)CC(=O)Nc1ncccn1. The summed E-state index contributed by atoms with van der Waals surface area (Å²) in [5.74, 6) is -0.884. The van der Waals surface area contributed by atoms with E-state index in [-0.39, 0.29) is 24.8 Å². The summed E-state index contributed by atoms with van der Waals surface area (Å²) in [6.07, 6.45) is 3.08. The minimum Gasteiger partial charge on any atom is -0.481 e. The maximum Gasteiger partial charge on any atom is 0.304 e. The Balaban J connectivity index is 2.40. The Labute approximate surface area is 105 Å². The van der Waals surface area contributed by atoms with Gasteiger partial charge in [-0.3, -0.25) is 19.8 Å². The molecule has 98 valence electrons. The largest absolute Gasteiger partial charge is 0.481 e. The zero-order valence-corrected chi connectivity index (χ0v) is 10.2. The second kappa shape index (κ2) is 7.33. The number of hydrogen-bond acceptors (Lipinski definition) is 5. The number of amides is 1. The molecule has 1 aromatic heterocycles. The van der Waals surface area contributed by atoms with Crippen LogP contribution >= 0.6 is 0 Å². The fourth-order valence-corrected chi connectivity index (χ4v) is 1.33. The van der Waals surface area contributed by atoms with Gasteiger partial charge in [-0.05, 0) is 12.6 Å². The van der Waals surface area contributed by atoms with Crippen LogP contribution in [0.2, 0.25) is 0 Å². The Bertz CT molecular complexity index is 397. The van der Waals surface area contributed by atoms with Gasteiger partial charge in [0.1, 0.15) is 0 Å². The summed E-state index contributed by atoms with van der Waals surface area (Å²) in [6, 6.07) is 1.65. The highest BCUT2D eigenvalue weighted by Crippen LogP contribution is 1.96. The maximum atomic E-state index is 11.6. The average Bonchev–Trinajstić information content (AvgIpc) is 2.35. The van der Waals surface area contributed by atoms with E-state index in [2.05, 4.69) is 15.3 Å². The fourth-order valence-electron chi connectivity index (χ4n) is 1.33. The lowest BCUT2D eigenvalue weighted by molar-refractivity contribution is -0.137. The zero-order chi connectivity index (χ0) is 13.4. The van der Waals surface area contributed by atoms with Crippen molar-refractivity contribution >= 4 is 17.8 Å². The first kappa shape index (κ1) is 14.0. The molecule has 0 aliphatic heterocycles. The number of nitrogens with zero attached hydrogens (tertiary/aromatic N) is 3. The maximum absolute atomic E-state index is 11.6. The molecular formula is C11H16N4O3. The van der Waals surface area contributed by atoms with Crippen LogP contribution in [0.25, 0.3) is 0 Å². The average molecular weight is 252 g/mol. The molecule has 7 heteroatoms. The van der Waals surface area contributed by atoms with Gasteiger partial charge in [0.25, 0.3) is 0 Å². The molecule has 18 heavy (non-hydrogen) atoms. The van der Waals surface area contributed by atoms with Gasteiger partial charge in [0.05, 0.1) is 13.0 Å². The van der Waals surface area contributed by atoms with E-state index in [0.717, 1.165) is 0 Å². The Morgan fingerprint density at radius 1 is 1.39 bits per heavy atom. The van der Waals surface area contributed by atoms with Crippen molar-refractivity contribution in [1.82, 2.24) is 14.9 Å². The third-order valence-corrected chi connectivity index (χ3v) is 2.27. The molecule has 0 spiro atoms. The molecular weight excluding hydrogens is 236 g/mol. The van der Waals surface area contributed by atoms with Crippen LogP contribution in [-0.4, -0.2) is 51.5 Å². The van der Waals surface area contributed by atoms with Gasteiger partial charge < -0.3 is 5.11 Å². The lowest BCUT2D eigenvalue weighted by Gasteiger charge is -2.18. The molecule has 1 aromatic rings. The highest BCUT2D eigenvalue weighted by atomic mass is 16.4. The Hall–Kier alpha value is -2.02. The van der Waals surface area contributed by atoms with Crippen LogP contribution in [0.4, 0.5) is 5.95 Å². The summed E-state index contributed by atoms with van der Waals surface area (Å²) in [4.78, 5) is 31.6. The van der Waals surface area contributed by atoms with Gasteiger partial charge in [-0.2, -0.15) is 0 Å². The van der Waals surface area contributed by atoms with Gasteiger partial charge in [-0.25, -0.2) is 9.97 Å². The molecule has 0 radical (unpaired) electrons. The number of likely N-dealkylation sites (N-methyl/N-ethyl adjacent to an activating group) is 1. The first-order valence-corrected chi connectivity index (χ1v) is 5.63. The van der Waals surface area contributed by atoms with Gasteiger partial charge in [-0.1, -0.05) is 6.92 Å². The lowest BCUT2D eigenvalue weighted by atomic mass is 10.3. The normalized spacial score (nSPS) is 10.3. The van der Waals surface area contributed by atoms with Crippen LogP contribution in [0.15, 0.2) is 18.5 Å². The second-order valence-corrected chi connectivity index (χ2v) is 3.63. The summed E-state index contributed by atoms with van der Waals surface area (Å²) in [5.41, 5.74) is 0. The fraction of sp³-hybridized carbons (Fsp3) is 0.455. The van der Waals surface area contributed by atoms with Crippen LogP contribution in [0.5, 0.6) is 0 Å². The van der Waals surface area contributed by atoms with Gasteiger partial charge in [-0.15, -0.1) is 0 Å². The van der Waals surface area contributed by atoms with Crippen molar-refractivity contribution in [3.8, 4) is 0 Å². The molecule has 0 saturated heterocycles. The quantitative estimate of drug-likeness (QED) is 0.720. The number of rotatable bonds is 7. The van der Waals surface area contributed by atoms with E-state index < -0.39 is 5.97 Å². The molecule has 0 aromatic carbocycles. The second-order valence-electron chi connectivity index (χ2n) is 3.63. The molecule has 0 aliphatic carbocycles. The number of carboxylic acid groups (broad SMARTS) is 1. The van der Waals surface area contributed by atoms with Crippen molar-refractivity contribution in [3.05, 3.63) is 18.5 Å². The molecule has 0 saturated carbocycles. The minimum atomic E-state index is -0.875. The molecule has 1 rings (SSSR count). The van der Waals surface area contributed by atoms with Crippen LogP contribution in [0.3, 0.4) is 0 Å². The van der Waals surface area contributed by atoms with Crippen LogP contribution in [0.1, 0.15) is 13.3 Å². The van der Waals surface area contributed by atoms with E-state index in [0.29, 0.717) is 13.1 Å². The number of nitrogens with one attached hydrogen (secondary N) is 1. The van der Waals surface area contributed by atoms with E-state index >= 15 is 0 Å². The molecule has 0 unspecified atom stereocenters. The number of aliphatic carboxylic acids is 1. The third kappa shape index (κ3) is 5.35. The summed E-state index contributed by atoms with van der Waals surface area (Å²) >= 11 is 0. The molecule has 0 fully saturated rings. The molecule has 1 amide bonds. The monoisotopic (exact) mass is 252 g/mol. The van der Waals surface area contributed by atoms with Crippen LogP contribution < -0.4 is 5.32 Å². The highest BCUT2D eigenvalue weighted by Gasteiger charge is 2.11. The zero-order valence-electron chi connectivity index (χ0n) is 10.2. The summed E-state index contributed by atoms with van der Waals surface area (Å²) in [6.45, 7) is 2.95. The molecule has 1 heterocycles. The summed E-state index contributed by atoms with van der Waals surface area (Å²) in [7, 11) is 0. The molecule has 2 N–H and O–H groups in total. The van der Waals surface area contributed by atoms with Crippen molar-refractivity contribution in [2.75, 3.05) is 25.0 Å². The Morgan fingerprint density at radius 3 is 2.61 bits per heavy atom. The van der Waals surface area contributed by atoms with Gasteiger partial charge in [0.2, 0.25) is 11.9 Å². The van der Waals surface area contributed by atoms with Crippen molar-refractivity contribution in [2.45, 2.75) is 13.3 Å². The predicted octanol–water partition coefficient (Wildman–Crippen LogP) is 0.212. The van der Waals surface area contributed by atoms with Gasteiger partial charge in [0, 0.05) is 18.9 Å². The van der Waals surface area contributed by atoms with Crippen molar-refractivity contribution in [1.29, 1.82) is 0 Å². The highest BCUT2D eigenvalue weighted by molar-refractivity contribution is 5.90. The van der Waals surface area contributed by atoms with E-state index in [4.69, 9.17) is 5.11 Å². The first-order valence-electron chi connectivity index (χ1n) is 5.63. The number of aromatic nitrogens is 2. The van der Waals surface area contributed by atoms with Crippen molar-refractivity contribution in [2.24, 2.45) is 0 Å². The third-order valence-electron chi connectivity index (χ3n) is 2.27. The predicted molar refractivity (Wildman–Crippen MR) is 65.0 cm³/mol. The number of hydrogen-bond donors (Lipinski definition) is 2. The van der Waals surface area contributed by atoms with Crippen molar-refractivity contribution in [3.63, 3.8) is 0 Å². The van der Waals surface area contributed by atoms with E-state index in [1.54, 1.807) is 11.0 Å². The van der Waals surface area contributed by atoms with Crippen LogP contribution in [-0.2, 0) is 9.59 Å². The molecule has 7 nitrogen and oxygen atoms in total. The van der Waals surface area contributed by atoms with E-state index in [9.17, 15) is 9.59 Å². The van der Waals surface area contributed by atoms with E-state index in [1.165, 1.54) is 12.4 Å². The number of carboxylic acids is 1. The topological polar surface area (TPSA) is 95.4 Å². The smallest absolute Gasteiger partial charge is 0.304 e. The summed E-state index contributed by atoms with van der Waals surface area (Å²) in [5, 5.41) is 11.1. The van der Waals surface area contributed by atoms with Gasteiger partial charge in [0.15, 0.2) is 0 Å². The standard InChI is InChI=1S/C11H16N4O3/c1-2-15(7-4-10(17)18)8-9(16)14-11-12-5-3-6-13-11/h3,5-6H,2,4,7-8H2,1H3,(H,17,18)(H,12,13,14,16). The minimum absolute atomic E-state index is 0.0168. The molecule has 0 aliphatic rings. The number of carbonyl (C=O) groups excluding carboxylic acids is 1. The van der Waals surface area contributed by atoms with Gasteiger partial charge >= 0.3 is 5.97 Å². The van der Waals surface area contributed by atoms with Crippen LogP contribution in [0, 0.1) is 0 Å². The number of anilines is 1. The molecule has 0 bridgehead atoms. The lowest BCUT2D eigenvalue weighted by Crippen LogP contribution is -2.34. The van der Waals surface area contributed by atoms with Crippen molar-refractivity contribution < 1.29 is 14.7 Å². The van der Waals surface area contributed by atoms with E-state index in [1.807, 2.05) is 6.92 Å². The first-order chi connectivity index (χ1) is 8.61. The number of carbonyl (C=O) groups is 2. The molecule has 0 atom stereocenters. The Kier molecular flexibility index (Phi) is 5.72.